The van der Waals surface area contributed by atoms with Crippen LogP contribution in [0.1, 0.15) is 23.2 Å². The zero-order valence-electron chi connectivity index (χ0n) is 15.5. The van der Waals surface area contributed by atoms with E-state index in [0.717, 1.165) is 17.0 Å². The number of aromatic nitrogens is 2. The fourth-order valence-corrected chi connectivity index (χ4v) is 3.46. The fraction of sp³-hybridized carbons (Fsp3) is 0.286. The summed E-state index contributed by atoms with van der Waals surface area (Å²) < 4.78 is 1.74. The third-order valence-electron chi connectivity index (χ3n) is 4.87. The van der Waals surface area contributed by atoms with Gasteiger partial charge >= 0.3 is 0 Å². The zero-order valence-corrected chi connectivity index (χ0v) is 15.5. The van der Waals surface area contributed by atoms with E-state index < -0.39 is 6.10 Å². The molecule has 1 aliphatic heterocycles. The molecule has 138 valence electrons. The highest BCUT2D eigenvalue weighted by molar-refractivity contribution is 5.96. The molecule has 0 fully saturated rings. The first-order valence-corrected chi connectivity index (χ1v) is 9.05. The summed E-state index contributed by atoms with van der Waals surface area (Å²) in [4.78, 5) is 17.8. The molecule has 1 atom stereocenters. The number of benzene rings is 2. The topological polar surface area (TPSA) is 68.5 Å². The van der Waals surface area contributed by atoms with Crippen LogP contribution in [0.15, 0.2) is 53.8 Å². The maximum absolute atomic E-state index is 12.4. The Balaban J connectivity index is 1.36. The SMILES string of the molecule is Cc1nn(C)cc1CNC(=O)C1CC(Cc2cccc3ccccc23)=NO1. The molecule has 0 saturated carbocycles. The largest absolute Gasteiger partial charge is 0.382 e. The number of oxime groups is 1. The lowest BCUT2D eigenvalue weighted by molar-refractivity contribution is -0.131. The maximum atomic E-state index is 12.4. The van der Waals surface area contributed by atoms with Crippen molar-refractivity contribution in [3.63, 3.8) is 0 Å². The Bertz CT molecular complexity index is 1020. The van der Waals surface area contributed by atoms with E-state index >= 15 is 0 Å². The number of amides is 1. The van der Waals surface area contributed by atoms with Crippen molar-refractivity contribution in [1.29, 1.82) is 0 Å². The van der Waals surface area contributed by atoms with Crippen molar-refractivity contribution < 1.29 is 9.63 Å². The third kappa shape index (κ3) is 3.69. The van der Waals surface area contributed by atoms with Crippen molar-refractivity contribution in [1.82, 2.24) is 15.1 Å². The molecule has 0 bridgehead atoms. The summed E-state index contributed by atoms with van der Waals surface area (Å²) in [6.45, 7) is 2.37. The van der Waals surface area contributed by atoms with Crippen LogP contribution in [0.4, 0.5) is 0 Å². The number of carbonyl (C=O) groups is 1. The average Bonchev–Trinajstić information content (AvgIpc) is 3.26. The monoisotopic (exact) mass is 362 g/mol. The van der Waals surface area contributed by atoms with Gasteiger partial charge in [-0.1, -0.05) is 47.6 Å². The van der Waals surface area contributed by atoms with Crippen LogP contribution >= 0.6 is 0 Å². The molecule has 0 radical (unpaired) electrons. The Hall–Kier alpha value is -3.15. The van der Waals surface area contributed by atoms with Gasteiger partial charge in [0.05, 0.1) is 11.4 Å². The molecule has 2 heterocycles. The molecule has 1 unspecified atom stereocenters. The van der Waals surface area contributed by atoms with Crippen molar-refractivity contribution in [2.75, 3.05) is 0 Å². The van der Waals surface area contributed by atoms with Crippen molar-refractivity contribution in [2.45, 2.75) is 32.4 Å². The van der Waals surface area contributed by atoms with Gasteiger partial charge in [0.2, 0.25) is 6.10 Å². The van der Waals surface area contributed by atoms with Crippen LogP contribution < -0.4 is 5.32 Å². The highest BCUT2D eigenvalue weighted by atomic mass is 16.6. The summed E-state index contributed by atoms with van der Waals surface area (Å²) in [7, 11) is 1.87. The molecule has 0 saturated heterocycles. The van der Waals surface area contributed by atoms with Crippen molar-refractivity contribution in [2.24, 2.45) is 12.2 Å². The lowest BCUT2D eigenvalue weighted by Crippen LogP contribution is -2.34. The van der Waals surface area contributed by atoms with Crippen LogP contribution in [0.2, 0.25) is 0 Å². The highest BCUT2D eigenvalue weighted by Gasteiger charge is 2.28. The van der Waals surface area contributed by atoms with E-state index in [-0.39, 0.29) is 5.91 Å². The lowest BCUT2D eigenvalue weighted by atomic mass is 9.98. The van der Waals surface area contributed by atoms with Crippen LogP contribution in [-0.2, 0) is 29.6 Å². The third-order valence-corrected chi connectivity index (χ3v) is 4.87. The minimum atomic E-state index is -0.563. The summed E-state index contributed by atoms with van der Waals surface area (Å²) in [6.07, 6.45) is 2.55. The van der Waals surface area contributed by atoms with Gasteiger partial charge in [-0.05, 0) is 23.3 Å². The van der Waals surface area contributed by atoms with Gasteiger partial charge in [-0.2, -0.15) is 5.10 Å². The number of carbonyl (C=O) groups excluding carboxylic acids is 1. The van der Waals surface area contributed by atoms with Gasteiger partial charge in [0, 0.05) is 38.2 Å². The average molecular weight is 362 g/mol. The van der Waals surface area contributed by atoms with E-state index in [1.807, 2.05) is 32.3 Å². The van der Waals surface area contributed by atoms with Gasteiger partial charge in [-0.15, -0.1) is 0 Å². The number of hydrogen-bond donors (Lipinski definition) is 1. The standard InChI is InChI=1S/C21H22N4O2/c1-14-17(13-25(2)23-14)12-22-21(26)20-11-18(24-27-20)10-16-8-5-7-15-6-3-4-9-19(15)16/h3-9,13,20H,10-12H2,1-2H3,(H,22,26). The first-order chi connectivity index (χ1) is 13.1. The van der Waals surface area contributed by atoms with E-state index in [1.165, 1.54) is 16.3 Å². The van der Waals surface area contributed by atoms with E-state index in [1.54, 1.807) is 4.68 Å². The van der Waals surface area contributed by atoms with E-state index in [0.29, 0.717) is 19.4 Å². The van der Waals surface area contributed by atoms with E-state index in [4.69, 9.17) is 4.84 Å². The second-order valence-corrected chi connectivity index (χ2v) is 6.90. The molecular formula is C21H22N4O2. The number of rotatable bonds is 5. The molecule has 0 aliphatic carbocycles. The molecular weight excluding hydrogens is 340 g/mol. The van der Waals surface area contributed by atoms with E-state index in [9.17, 15) is 4.79 Å². The van der Waals surface area contributed by atoms with Crippen LogP contribution in [0, 0.1) is 6.92 Å². The predicted octanol–water partition coefficient (Wildman–Crippen LogP) is 2.89. The molecule has 4 rings (SSSR count). The molecule has 1 N–H and O–H groups in total. The quantitative estimate of drug-likeness (QED) is 0.759. The molecule has 2 aromatic carbocycles. The van der Waals surface area contributed by atoms with Crippen LogP contribution in [0.3, 0.4) is 0 Å². The number of nitrogens with zero attached hydrogens (tertiary/aromatic N) is 3. The molecule has 6 heteroatoms. The highest BCUT2D eigenvalue weighted by Crippen LogP contribution is 2.22. The number of fused-ring (bicyclic) bond motifs is 1. The van der Waals surface area contributed by atoms with Gasteiger partial charge in [-0.25, -0.2) is 0 Å². The van der Waals surface area contributed by atoms with Gasteiger partial charge in [0.25, 0.3) is 5.91 Å². The minimum Gasteiger partial charge on any atom is -0.382 e. The van der Waals surface area contributed by atoms with Gasteiger partial charge in [-0.3, -0.25) is 9.48 Å². The van der Waals surface area contributed by atoms with Gasteiger partial charge in [0.1, 0.15) is 0 Å². The van der Waals surface area contributed by atoms with Crippen molar-refractivity contribution in [3.05, 3.63) is 65.5 Å². The van der Waals surface area contributed by atoms with Crippen LogP contribution in [-0.4, -0.2) is 27.5 Å². The Morgan fingerprint density at radius 1 is 1.22 bits per heavy atom. The Morgan fingerprint density at radius 3 is 2.85 bits per heavy atom. The molecule has 1 amide bonds. The summed E-state index contributed by atoms with van der Waals surface area (Å²) in [6, 6.07) is 14.5. The second-order valence-electron chi connectivity index (χ2n) is 6.90. The lowest BCUT2D eigenvalue weighted by Gasteiger charge is -2.09. The Morgan fingerprint density at radius 2 is 2.04 bits per heavy atom. The summed E-state index contributed by atoms with van der Waals surface area (Å²) in [5, 5.41) is 13.8. The molecule has 1 aromatic heterocycles. The molecule has 0 spiro atoms. The van der Waals surface area contributed by atoms with Gasteiger partial charge in [0.15, 0.2) is 0 Å². The number of aryl methyl sites for hydroxylation is 2. The maximum Gasteiger partial charge on any atom is 0.264 e. The van der Waals surface area contributed by atoms with Crippen molar-refractivity contribution in [3.8, 4) is 0 Å². The molecule has 27 heavy (non-hydrogen) atoms. The summed E-state index contributed by atoms with van der Waals surface area (Å²) in [5.41, 5.74) is 4.00. The molecule has 6 nitrogen and oxygen atoms in total. The predicted molar refractivity (Wildman–Crippen MR) is 104 cm³/mol. The summed E-state index contributed by atoms with van der Waals surface area (Å²) >= 11 is 0. The summed E-state index contributed by atoms with van der Waals surface area (Å²) in [5.74, 6) is -0.144. The Kier molecular flexibility index (Phi) is 4.62. The second kappa shape index (κ2) is 7.23. The number of nitrogens with one attached hydrogen (secondary N) is 1. The fourth-order valence-electron chi connectivity index (χ4n) is 3.46. The molecule has 1 aliphatic rings. The van der Waals surface area contributed by atoms with Crippen LogP contribution in [0.25, 0.3) is 10.8 Å². The normalized spacial score (nSPS) is 16.2. The smallest absolute Gasteiger partial charge is 0.264 e. The Labute approximate surface area is 157 Å². The van der Waals surface area contributed by atoms with Crippen LogP contribution in [0.5, 0.6) is 0 Å². The van der Waals surface area contributed by atoms with E-state index in [2.05, 4.69) is 45.9 Å². The number of hydrogen-bond acceptors (Lipinski definition) is 4. The molecule has 3 aromatic rings. The van der Waals surface area contributed by atoms with Gasteiger partial charge < -0.3 is 10.2 Å². The zero-order chi connectivity index (χ0) is 18.8. The van der Waals surface area contributed by atoms with Crippen molar-refractivity contribution >= 4 is 22.4 Å². The first kappa shape index (κ1) is 17.3. The first-order valence-electron chi connectivity index (χ1n) is 9.05. The minimum absolute atomic E-state index is 0.144.